The molecule has 4 atom stereocenters. The van der Waals surface area contributed by atoms with Crippen LogP contribution < -0.4 is 16.6 Å². The summed E-state index contributed by atoms with van der Waals surface area (Å²) in [6, 6.07) is 2.72. The lowest BCUT2D eigenvalue weighted by Crippen LogP contribution is -2.54. The third kappa shape index (κ3) is 4.48. The average Bonchev–Trinajstić information content (AvgIpc) is 3.17. The maximum atomic E-state index is 12.4. The highest BCUT2D eigenvalue weighted by atomic mass is 16.8. The van der Waals surface area contributed by atoms with E-state index in [1.54, 1.807) is 18.5 Å². The number of aromatic nitrogens is 4. The summed E-state index contributed by atoms with van der Waals surface area (Å²) in [5, 5.41) is 7.17. The van der Waals surface area contributed by atoms with E-state index in [1.165, 1.54) is 16.8 Å². The summed E-state index contributed by atoms with van der Waals surface area (Å²) in [4.78, 5) is 38.4. The number of carbonyl (C=O) groups is 1. The third-order valence-corrected chi connectivity index (χ3v) is 5.50. The molecule has 4 heterocycles. The molecular weight excluding hydrogens is 406 g/mol. The molecule has 1 amide bonds. The molecule has 4 rings (SSSR count). The molecule has 2 aromatic heterocycles. The van der Waals surface area contributed by atoms with Crippen LogP contribution in [0.2, 0.25) is 0 Å². The van der Waals surface area contributed by atoms with Gasteiger partial charge in [-0.15, -0.1) is 0 Å². The molecular formula is C20H27N5O6. The number of fused-ring (bicyclic) bond motifs is 1. The quantitative estimate of drug-likeness (QED) is 0.658. The largest absolute Gasteiger partial charge is 0.371 e. The number of ether oxygens (including phenoxy) is 3. The van der Waals surface area contributed by atoms with Crippen LogP contribution in [-0.2, 0) is 25.5 Å². The zero-order valence-electron chi connectivity index (χ0n) is 18.0. The number of nitrogens with one attached hydrogen (secondary N) is 2. The molecule has 11 nitrogen and oxygen atoms in total. The molecule has 2 saturated heterocycles. The SMILES string of the molecule is Cc1cc(C)n(CC(=O)NC[C@H]2OC[C@@H](n3ccc(=O)[nH]c3=O)[C@@H]3OC(C)(C)O[C@@H]32)n1. The average molecular weight is 433 g/mol. The molecule has 2 N–H and O–H groups in total. The lowest BCUT2D eigenvalue weighted by Gasteiger charge is -2.37. The summed E-state index contributed by atoms with van der Waals surface area (Å²) >= 11 is 0. The number of H-pyrrole nitrogens is 1. The van der Waals surface area contributed by atoms with Crippen LogP contribution in [0, 0.1) is 13.8 Å². The molecule has 168 valence electrons. The monoisotopic (exact) mass is 433 g/mol. The Labute approximate surface area is 178 Å². The van der Waals surface area contributed by atoms with Gasteiger partial charge in [-0.1, -0.05) is 0 Å². The molecule has 0 saturated carbocycles. The van der Waals surface area contributed by atoms with Crippen molar-refractivity contribution in [2.24, 2.45) is 0 Å². The minimum atomic E-state index is -0.876. The molecule has 31 heavy (non-hydrogen) atoms. The Morgan fingerprint density at radius 1 is 1.29 bits per heavy atom. The van der Waals surface area contributed by atoms with E-state index in [-0.39, 0.29) is 25.6 Å². The number of amides is 1. The van der Waals surface area contributed by atoms with E-state index in [2.05, 4.69) is 15.4 Å². The van der Waals surface area contributed by atoms with Crippen molar-refractivity contribution in [1.82, 2.24) is 24.6 Å². The molecule has 0 aromatic carbocycles. The first-order valence-electron chi connectivity index (χ1n) is 10.2. The predicted octanol–water partition coefficient (Wildman–Crippen LogP) is -0.374. The van der Waals surface area contributed by atoms with Crippen LogP contribution in [0.1, 0.15) is 31.3 Å². The van der Waals surface area contributed by atoms with Gasteiger partial charge in [-0.05, 0) is 33.8 Å². The minimum absolute atomic E-state index is 0.110. The van der Waals surface area contributed by atoms with Gasteiger partial charge in [0.1, 0.15) is 24.9 Å². The molecule has 0 radical (unpaired) electrons. The Morgan fingerprint density at radius 3 is 2.71 bits per heavy atom. The fraction of sp³-hybridized carbons (Fsp3) is 0.600. The van der Waals surface area contributed by atoms with Crippen molar-refractivity contribution in [3.05, 3.63) is 50.6 Å². The van der Waals surface area contributed by atoms with Gasteiger partial charge in [-0.2, -0.15) is 5.10 Å². The second-order valence-corrected chi connectivity index (χ2v) is 8.41. The van der Waals surface area contributed by atoms with Gasteiger partial charge in [0.2, 0.25) is 5.91 Å². The van der Waals surface area contributed by atoms with Gasteiger partial charge in [-0.25, -0.2) is 4.79 Å². The van der Waals surface area contributed by atoms with Crippen LogP contribution >= 0.6 is 0 Å². The summed E-state index contributed by atoms with van der Waals surface area (Å²) in [7, 11) is 0. The van der Waals surface area contributed by atoms with Gasteiger partial charge in [0.15, 0.2) is 5.79 Å². The molecule has 2 aliphatic rings. The molecule has 0 aliphatic carbocycles. The molecule has 2 fully saturated rings. The Balaban J connectivity index is 1.46. The second kappa shape index (κ2) is 8.06. The summed E-state index contributed by atoms with van der Waals surface area (Å²) in [5.41, 5.74) is 0.752. The van der Waals surface area contributed by atoms with Crippen LogP contribution in [-0.4, -0.2) is 62.5 Å². The highest BCUT2D eigenvalue weighted by Crippen LogP contribution is 2.39. The van der Waals surface area contributed by atoms with Crippen LogP contribution in [0.5, 0.6) is 0 Å². The van der Waals surface area contributed by atoms with Crippen LogP contribution in [0.3, 0.4) is 0 Å². The Bertz CT molecular complexity index is 1090. The first-order chi connectivity index (χ1) is 14.6. The standard InChI is InChI=1S/C20H27N5O6/c1-11-7-12(2)25(23-11)9-16(27)21-8-14-18-17(30-20(3,4)31-18)13(10-29-14)24-6-5-15(26)22-19(24)28/h5-7,13-14,17-18H,8-10H2,1-4H3,(H,21,27)(H,22,26,28)/t13-,14-,17+,18-/m1/s1. The highest BCUT2D eigenvalue weighted by molar-refractivity contribution is 5.75. The van der Waals surface area contributed by atoms with Crippen molar-refractivity contribution in [2.45, 2.75) is 64.4 Å². The van der Waals surface area contributed by atoms with Gasteiger partial charge in [0.25, 0.3) is 5.56 Å². The van der Waals surface area contributed by atoms with Gasteiger partial charge in [0, 0.05) is 24.5 Å². The lowest BCUT2D eigenvalue weighted by molar-refractivity contribution is -0.153. The van der Waals surface area contributed by atoms with Crippen molar-refractivity contribution < 1.29 is 19.0 Å². The van der Waals surface area contributed by atoms with E-state index in [0.717, 1.165) is 11.4 Å². The highest BCUT2D eigenvalue weighted by Gasteiger charge is 2.52. The van der Waals surface area contributed by atoms with Gasteiger partial charge < -0.3 is 19.5 Å². The normalized spacial score (nSPS) is 27.1. The van der Waals surface area contributed by atoms with Gasteiger partial charge >= 0.3 is 5.69 Å². The summed E-state index contributed by atoms with van der Waals surface area (Å²) in [5.74, 6) is -1.07. The van der Waals surface area contributed by atoms with Crippen molar-refractivity contribution in [3.8, 4) is 0 Å². The van der Waals surface area contributed by atoms with E-state index < -0.39 is 41.4 Å². The van der Waals surface area contributed by atoms with Crippen molar-refractivity contribution in [3.63, 3.8) is 0 Å². The van der Waals surface area contributed by atoms with Crippen molar-refractivity contribution in [2.75, 3.05) is 13.2 Å². The molecule has 0 unspecified atom stereocenters. The lowest BCUT2D eigenvalue weighted by atomic mass is 9.97. The predicted molar refractivity (Wildman–Crippen MR) is 109 cm³/mol. The van der Waals surface area contributed by atoms with E-state index in [0.29, 0.717) is 0 Å². The number of carbonyl (C=O) groups excluding carboxylic acids is 1. The smallest absolute Gasteiger partial charge is 0.328 e. The number of rotatable bonds is 5. The maximum Gasteiger partial charge on any atom is 0.328 e. The Kier molecular flexibility index (Phi) is 5.58. The number of nitrogens with zero attached hydrogens (tertiary/aromatic N) is 3. The summed E-state index contributed by atoms with van der Waals surface area (Å²) in [6.07, 6.45) is -0.00465. The third-order valence-electron chi connectivity index (χ3n) is 5.50. The number of hydrogen-bond donors (Lipinski definition) is 2. The minimum Gasteiger partial charge on any atom is -0.371 e. The topological polar surface area (TPSA) is 129 Å². The van der Waals surface area contributed by atoms with Gasteiger partial charge in [-0.3, -0.25) is 23.8 Å². The van der Waals surface area contributed by atoms with Crippen molar-refractivity contribution >= 4 is 5.91 Å². The van der Waals surface area contributed by atoms with E-state index >= 15 is 0 Å². The van der Waals surface area contributed by atoms with Crippen LogP contribution in [0.4, 0.5) is 0 Å². The molecule has 2 aromatic rings. The van der Waals surface area contributed by atoms with E-state index in [9.17, 15) is 14.4 Å². The second-order valence-electron chi connectivity index (χ2n) is 8.41. The maximum absolute atomic E-state index is 12.4. The number of aryl methyl sites for hydroxylation is 2. The van der Waals surface area contributed by atoms with Crippen molar-refractivity contribution in [1.29, 1.82) is 0 Å². The van der Waals surface area contributed by atoms with E-state index in [1.807, 2.05) is 19.9 Å². The molecule has 0 spiro atoms. The fourth-order valence-electron chi connectivity index (χ4n) is 4.16. The van der Waals surface area contributed by atoms with E-state index in [4.69, 9.17) is 14.2 Å². The molecule has 0 bridgehead atoms. The summed E-state index contributed by atoms with van der Waals surface area (Å²) < 4.78 is 21.1. The first kappa shape index (κ1) is 21.5. The molecule has 11 heteroatoms. The molecule has 2 aliphatic heterocycles. The Morgan fingerprint density at radius 2 is 2.03 bits per heavy atom. The zero-order valence-corrected chi connectivity index (χ0v) is 18.0. The van der Waals surface area contributed by atoms with Crippen LogP contribution in [0.25, 0.3) is 0 Å². The summed E-state index contributed by atoms with van der Waals surface area (Å²) in [6.45, 7) is 7.86. The number of aromatic amines is 1. The zero-order chi connectivity index (χ0) is 22.3. The number of hydrogen-bond acceptors (Lipinski definition) is 7. The fourth-order valence-corrected chi connectivity index (χ4v) is 4.16. The van der Waals surface area contributed by atoms with Gasteiger partial charge in [0.05, 0.1) is 18.3 Å². The van der Waals surface area contributed by atoms with Crippen LogP contribution in [0.15, 0.2) is 27.9 Å². The Hall–Kier alpha value is -2.76. The first-order valence-corrected chi connectivity index (χ1v) is 10.2.